The largest absolute Gasteiger partial charge is 0.393 e. The SMILES string of the molecule is Cc1cccc(C2=CC[C@H]3[C@@H]4CC[C@H]5C[C@@H](O)CC[C@]5(C)[C@H]4CC[C@]23C)c1. The number of rotatable bonds is 1. The zero-order valence-corrected chi connectivity index (χ0v) is 17.4. The number of aliphatic hydroxyl groups is 1. The number of hydrogen-bond donors (Lipinski definition) is 1. The van der Waals surface area contributed by atoms with E-state index in [0.717, 1.165) is 36.5 Å². The van der Waals surface area contributed by atoms with Gasteiger partial charge in [-0.1, -0.05) is 49.8 Å². The first-order chi connectivity index (χ1) is 12.9. The molecule has 0 saturated heterocycles. The van der Waals surface area contributed by atoms with Crippen LogP contribution in [0.15, 0.2) is 30.3 Å². The Morgan fingerprint density at radius 3 is 2.67 bits per heavy atom. The molecule has 146 valence electrons. The number of allylic oxidation sites excluding steroid dienone is 2. The molecule has 1 aromatic rings. The molecule has 0 heterocycles. The third-order valence-electron chi connectivity index (χ3n) is 9.55. The van der Waals surface area contributed by atoms with E-state index in [1.54, 1.807) is 5.57 Å². The molecule has 0 bridgehead atoms. The lowest BCUT2D eigenvalue weighted by Crippen LogP contribution is -2.53. The summed E-state index contributed by atoms with van der Waals surface area (Å²) < 4.78 is 0. The van der Waals surface area contributed by atoms with Gasteiger partial charge in [-0.2, -0.15) is 0 Å². The van der Waals surface area contributed by atoms with Gasteiger partial charge in [-0.3, -0.25) is 0 Å². The van der Waals surface area contributed by atoms with E-state index < -0.39 is 0 Å². The Labute approximate surface area is 165 Å². The number of hydrogen-bond acceptors (Lipinski definition) is 1. The van der Waals surface area contributed by atoms with Gasteiger partial charge >= 0.3 is 0 Å². The van der Waals surface area contributed by atoms with E-state index in [4.69, 9.17) is 0 Å². The molecule has 0 unspecified atom stereocenters. The molecule has 0 amide bonds. The van der Waals surface area contributed by atoms with Crippen LogP contribution in [-0.4, -0.2) is 11.2 Å². The Bertz CT molecular complexity index is 763. The van der Waals surface area contributed by atoms with Crippen molar-refractivity contribution in [3.8, 4) is 0 Å². The van der Waals surface area contributed by atoms with Gasteiger partial charge in [0, 0.05) is 0 Å². The Kier molecular flexibility index (Phi) is 4.14. The van der Waals surface area contributed by atoms with Gasteiger partial charge in [0.1, 0.15) is 0 Å². The van der Waals surface area contributed by atoms with E-state index in [1.807, 2.05) is 0 Å². The molecule has 3 saturated carbocycles. The number of aryl methyl sites for hydroxylation is 1. The van der Waals surface area contributed by atoms with Crippen molar-refractivity contribution < 1.29 is 5.11 Å². The predicted molar refractivity (Wildman–Crippen MR) is 112 cm³/mol. The van der Waals surface area contributed by atoms with Crippen molar-refractivity contribution in [3.05, 3.63) is 41.5 Å². The average molecular weight is 365 g/mol. The summed E-state index contributed by atoms with van der Waals surface area (Å²) in [7, 11) is 0. The number of aliphatic hydroxyl groups excluding tert-OH is 1. The van der Waals surface area contributed by atoms with Gasteiger partial charge in [0.25, 0.3) is 0 Å². The molecular weight excluding hydrogens is 328 g/mol. The zero-order chi connectivity index (χ0) is 18.8. The molecule has 0 spiro atoms. The smallest absolute Gasteiger partial charge is 0.0543 e. The van der Waals surface area contributed by atoms with E-state index in [2.05, 4.69) is 51.1 Å². The van der Waals surface area contributed by atoms with E-state index in [-0.39, 0.29) is 6.10 Å². The van der Waals surface area contributed by atoms with E-state index in [0.29, 0.717) is 10.8 Å². The lowest BCUT2D eigenvalue weighted by Gasteiger charge is -2.60. The highest BCUT2D eigenvalue weighted by Crippen LogP contribution is 2.67. The maximum atomic E-state index is 10.2. The van der Waals surface area contributed by atoms with Crippen LogP contribution in [0.1, 0.15) is 76.3 Å². The lowest BCUT2D eigenvalue weighted by molar-refractivity contribution is -0.115. The monoisotopic (exact) mass is 364 g/mol. The fraction of sp³-hybridized carbons (Fsp3) is 0.692. The summed E-state index contributed by atoms with van der Waals surface area (Å²) in [5, 5.41) is 10.2. The van der Waals surface area contributed by atoms with Crippen molar-refractivity contribution in [2.45, 2.75) is 78.2 Å². The maximum Gasteiger partial charge on any atom is 0.0543 e. The van der Waals surface area contributed by atoms with Gasteiger partial charge < -0.3 is 5.11 Å². The first kappa shape index (κ1) is 18.0. The first-order valence-corrected chi connectivity index (χ1v) is 11.4. The fourth-order valence-corrected chi connectivity index (χ4v) is 8.06. The minimum atomic E-state index is -0.0328. The van der Waals surface area contributed by atoms with Crippen LogP contribution < -0.4 is 0 Å². The van der Waals surface area contributed by atoms with E-state index in [1.165, 1.54) is 49.7 Å². The Balaban J connectivity index is 1.44. The number of fused-ring (bicyclic) bond motifs is 5. The van der Waals surface area contributed by atoms with Crippen molar-refractivity contribution >= 4 is 5.57 Å². The molecule has 7 atom stereocenters. The molecule has 0 aliphatic heterocycles. The second-order valence-corrected chi connectivity index (χ2v) is 10.8. The normalized spacial score (nSPS) is 46.2. The van der Waals surface area contributed by atoms with Crippen molar-refractivity contribution in [1.82, 2.24) is 0 Å². The van der Waals surface area contributed by atoms with Crippen molar-refractivity contribution in [3.63, 3.8) is 0 Å². The third-order valence-corrected chi connectivity index (χ3v) is 9.55. The molecule has 1 N–H and O–H groups in total. The van der Waals surface area contributed by atoms with Crippen LogP contribution in [0.4, 0.5) is 0 Å². The van der Waals surface area contributed by atoms with Gasteiger partial charge in [0.05, 0.1) is 6.10 Å². The predicted octanol–water partition coefficient (Wildman–Crippen LogP) is 6.39. The van der Waals surface area contributed by atoms with Crippen LogP contribution in [0.5, 0.6) is 0 Å². The highest BCUT2D eigenvalue weighted by molar-refractivity contribution is 5.73. The Morgan fingerprint density at radius 1 is 1.00 bits per heavy atom. The summed E-state index contributed by atoms with van der Waals surface area (Å²) in [5.41, 5.74) is 5.34. The topological polar surface area (TPSA) is 20.2 Å². The van der Waals surface area contributed by atoms with E-state index in [9.17, 15) is 5.11 Å². The Morgan fingerprint density at radius 2 is 1.85 bits per heavy atom. The van der Waals surface area contributed by atoms with Gasteiger partial charge in [-0.15, -0.1) is 0 Å². The molecule has 1 nitrogen and oxygen atoms in total. The minimum Gasteiger partial charge on any atom is -0.393 e. The van der Waals surface area contributed by atoms with Crippen LogP contribution in [-0.2, 0) is 0 Å². The second kappa shape index (κ2) is 6.21. The molecule has 0 radical (unpaired) electrons. The van der Waals surface area contributed by atoms with Crippen LogP contribution in [0.25, 0.3) is 5.57 Å². The Hall–Kier alpha value is -1.08. The highest BCUT2D eigenvalue weighted by atomic mass is 16.3. The van der Waals surface area contributed by atoms with Gasteiger partial charge in [-0.05, 0) is 104 Å². The second-order valence-electron chi connectivity index (χ2n) is 10.8. The van der Waals surface area contributed by atoms with Crippen LogP contribution in [0.2, 0.25) is 0 Å². The minimum absolute atomic E-state index is 0.0328. The molecule has 1 aromatic carbocycles. The molecule has 0 aromatic heterocycles. The summed E-state index contributed by atoms with van der Waals surface area (Å²) in [6.07, 6.45) is 12.7. The highest BCUT2D eigenvalue weighted by Gasteiger charge is 2.58. The molecule has 4 aliphatic carbocycles. The quantitative estimate of drug-likeness (QED) is 0.612. The van der Waals surface area contributed by atoms with Gasteiger partial charge in [0.2, 0.25) is 0 Å². The molecule has 1 heteroatoms. The van der Waals surface area contributed by atoms with Crippen LogP contribution in [0, 0.1) is 41.4 Å². The van der Waals surface area contributed by atoms with Crippen LogP contribution in [0.3, 0.4) is 0 Å². The summed E-state index contributed by atoms with van der Waals surface area (Å²) in [5.74, 6) is 3.36. The number of benzene rings is 1. The van der Waals surface area contributed by atoms with Crippen molar-refractivity contribution in [2.75, 3.05) is 0 Å². The molecular formula is C26H36O. The van der Waals surface area contributed by atoms with Crippen LogP contribution >= 0.6 is 0 Å². The maximum absolute atomic E-state index is 10.2. The standard InChI is InChI=1S/C26H36O/c1-17-5-4-6-18(15-17)22-9-10-23-21-8-7-19-16-20(27)11-13-25(19,2)24(21)12-14-26(22,23)3/h4-6,9,15,19-21,23-24,27H,7-8,10-14,16H2,1-3H3/t19-,20-,21-,23-,24-,25-,26+/m0/s1. The molecule has 5 rings (SSSR count). The lowest BCUT2D eigenvalue weighted by atomic mass is 9.44. The summed E-state index contributed by atoms with van der Waals surface area (Å²) in [4.78, 5) is 0. The molecule has 27 heavy (non-hydrogen) atoms. The summed E-state index contributed by atoms with van der Waals surface area (Å²) in [6.45, 7) is 7.39. The van der Waals surface area contributed by atoms with E-state index >= 15 is 0 Å². The molecule has 3 fully saturated rings. The van der Waals surface area contributed by atoms with Crippen molar-refractivity contribution in [1.29, 1.82) is 0 Å². The van der Waals surface area contributed by atoms with Gasteiger partial charge in [0.15, 0.2) is 0 Å². The van der Waals surface area contributed by atoms with Gasteiger partial charge in [-0.25, -0.2) is 0 Å². The summed E-state index contributed by atoms with van der Waals surface area (Å²) >= 11 is 0. The first-order valence-electron chi connectivity index (χ1n) is 11.4. The zero-order valence-electron chi connectivity index (χ0n) is 17.4. The summed E-state index contributed by atoms with van der Waals surface area (Å²) in [6, 6.07) is 9.17. The average Bonchev–Trinajstić information content (AvgIpc) is 2.99. The fourth-order valence-electron chi connectivity index (χ4n) is 8.06. The third kappa shape index (κ3) is 2.60. The molecule has 4 aliphatic rings. The van der Waals surface area contributed by atoms with Crippen molar-refractivity contribution in [2.24, 2.45) is 34.5 Å².